The number of aromatic nitrogens is 2. The summed E-state index contributed by atoms with van der Waals surface area (Å²) in [6.07, 6.45) is 1.91. The summed E-state index contributed by atoms with van der Waals surface area (Å²) >= 11 is 0. The lowest BCUT2D eigenvalue weighted by molar-refractivity contribution is 0.247. The smallest absolute Gasteiger partial charge is 0.171 e. The highest BCUT2D eigenvalue weighted by molar-refractivity contribution is 5.68. The zero-order valence-corrected chi connectivity index (χ0v) is 17.7. The van der Waals surface area contributed by atoms with E-state index in [9.17, 15) is 0 Å². The summed E-state index contributed by atoms with van der Waals surface area (Å²) in [6, 6.07) is 14.1. The second-order valence-corrected chi connectivity index (χ2v) is 7.26. The van der Waals surface area contributed by atoms with Gasteiger partial charge in [0.15, 0.2) is 11.5 Å². The Bertz CT molecular complexity index is 980. The fourth-order valence-corrected chi connectivity index (χ4v) is 3.86. The van der Waals surface area contributed by atoms with Crippen LogP contribution >= 0.6 is 0 Å². The summed E-state index contributed by atoms with van der Waals surface area (Å²) in [7, 11) is 4.99. The van der Waals surface area contributed by atoms with Gasteiger partial charge in [-0.1, -0.05) is 12.1 Å². The van der Waals surface area contributed by atoms with Gasteiger partial charge in [0.05, 0.1) is 26.9 Å². The molecular formula is C23H28N4O3. The van der Waals surface area contributed by atoms with Crippen LogP contribution in [-0.4, -0.2) is 62.4 Å². The van der Waals surface area contributed by atoms with Gasteiger partial charge in [-0.15, -0.1) is 0 Å². The Hall–Kier alpha value is -3.19. The maximum atomic E-state index is 5.54. The quantitative estimate of drug-likeness (QED) is 0.646. The van der Waals surface area contributed by atoms with E-state index in [2.05, 4.69) is 31.9 Å². The van der Waals surface area contributed by atoms with Crippen LogP contribution in [0.5, 0.6) is 17.2 Å². The molecule has 1 fully saturated rings. The molecule has 1 aromatic heterocycles. The lowest BCUT2D eigenvalue weighted by Crippen LogP contribution is -2.46. The third-order valence-electron chi connectivity index (χ3n) is 5.47. The number of methoxy groups -OCH3 is 3. The summed E-state index contributed by atoms with van der Waals surface area (Å²) in [5.41, 5.74) is 3.19. The van der Waals surface area contributed by atoms with Crippen molar-refractivity contribution in [2.24, 2.45) is 0 Å². The Morgan fingerprint density at radius 2 is 1.73 bits per heavy atom. The lowest BCUT2D eigenvalue weighted by atomic mass is 10.1. The molecule has 1 saturated heterocycles. The zero-order chi connectivity index (χ0) is 20.9. The van der Waals surface area contributed by atoms with Crippen molar-refractivity contribution >= 4 is 5.69 Å². The molecule has 0 amide bonds. The van der Waals surface area contributed by atoms with E-state index in [1.807, 2.05) is 36.5 Å². The van der Waals surface area contributed by atoms with Crippen LogP contribution < -0.4 is 19.1 Å². The molecule has 2 heterocycles. The number of hydrogen-bond acceptors (Lipinski definition) is 6. The minimum absolute atomic E-state index is 0.688. The monoisotopic (exact) mass is 408 g/mol. The Kier molecular flexibility index (Phi) is 6.09. The topological polar surface area (TPSA) is 62.9 Å². The number of nitrogens with one attached hydrogen (secondary N) is 1. The fourth-order valence-electron chi connectivity index (χ4n) is 3.86. The minimum Gasteiger partial charge on any atom is -0.497 e. The summed E-state index contributed by atoms with van der Waals surface area (Å²) in [6.45, 7) is 4.79. The van der Waals surface area contributed by atoms with Gasteiger partial charge in [0.1, 0.15) is 11.6 Å². The van der Waals surface area contributed by atoms with Crippen molar-refractivity contribution in [2.75, 3.05) is 52.4 Å². The first-order chi connectivity index (χ1) is 14.7. The molecule has 0 saturated carbocycles. The highest BCUT2D eigenvalue weighted by atomic mass is 16.5. The minimum atomic E-state index is 0.688. The van der Waals surface area contributed by atoms with E-state index >= 15 is 0 Å². The van der Waals surface area contributed by atoms with E-state index in [1.54, 1.807) is 21.3 Å². The Balaban J connectivity index is 1.40. The number of para-hydroxylation sites is 1. The van der Waals surface area contributed by atoms with Gasteiger partial charge in [0.25, 0.3) is 0 Å². The van der Waals surface area contributed by atoms with Crippen molar-refractivity contribution in [1.82, 2.24) is 14.9 Å². The average molecular weight is 409 g/mol. The number of hydrogen-bond donors (Lipinski definition) is 1. The van der Waals surface area contributed by atoms with E-state index in [4.69, 9.17) is 14.2 Å². The first-order valence-electron chi connectivity index (χ1n) is 10.1. The maximum absolute atomic E-state index is 5.54. The first-order valence-corrected chi connectivity index (χ1v) is 10.1. The molecule has 2 aromatic carbocycles. The molecule has 0 atom stereocenters. The molecule has 0 radical (unpaired) electrons. The average Bonchev–Trinajstić information content (AvgIpc) is 3.27. The SMILES string of the molecule is COc1cccc(N2CCN(Cc3cnc(-c4cccc(OC)c4OC)[nH]3)CC2)c1. The number of nitrogens with zero attached hydrogens (tertiary/aromatic N) is 3. The third kappa shape index (κ3) is 4.21. The van der Waals surface area contributed by atoms with Crippen LogP contribution in [0.3, 0.4) is 0 Å². The van der Waals surface area contributed by atoms with E-state index < -0.39 is 0 Å². The molecular weight excluding hydrogens is 380 g/mol. The molecule has 158 valence electrons. The Morgan fingerprint density at radius 3 is 2.47 bits per heavy atom. The highest BCUT2D eigenvalue weighted by Crippen LogP contribution is 2.36. The van der Waals surface area contributed by atoms with Crippen LogP contribution in [0, 0.1) is 0 Å². The van der Waals surface area contributed by atoms with Gasteiger partial charge in [-0.3, -0.25) is 4.90 Å². The van der Waals surface area contributed by atoms with Gasteiger partial charge in [-0.05, 0) is 24.3 Å². The summed E-state index contributed by atoms with van der Waals surface area (Å²) in [4.78, 5) is 12.9. The summed E-state index contributed by atoms with van der Waals surface area (Å²) in [5.74, 6) is 3.07. The molecule has 7 nitrogen and oxygen atoms in total. The molecule has 4 rings (SSSR count). The molecule has 0 spiro atoms. The molecule has 30 heavy (non-hydrogen) atoms. The number of anilines is 1. The molecule has 0 aliphatic carbocycles. The van der Waals surface area contributed by atoms with E-state index in [0.29, 0.717) is 11.5 Å². The van der Waals surface area contributed by atoms with Gasteiger partial charge in [-0.2, -0.15) is 0 Å². The predicted molar refractivity (Wildman–Crippen MR) is 118 cm³/mol. The van der Waals surface area contributed by atoms with Crippen molar-refractivity contribution in [2.45, 2.75) is 6.54 Å². The van der Waals surface area contributed by atoms with Crippen LogP contribution in [0.25, 0.3) is 11.4 Å². The Morgan fingerprint density at radius 1 is 0.933 bits per heavy atom. The van der Waals surface area contributed by atoms with Crippen LogP contribution in [-0.2, 0) is 6.54 Å². The number of ether oxygens (including phenoxy) is 3. The van der Waals surface area contributed by atoms with Crippen molar-refractivity contribution < 1.29 is 14.2 Å². The van der Waals surface area contributed by atoms with E-state index in [0.717, 1.165) is 55.6 Å². The van der Waals surface area contributed by atoms with Gasteiger partial charge in [0.2, 0.25) is 0 Å². The second-order valence-electron chi connectivity index (χ2n) is 7.26. The normalized spacial score (nSPS) is 14.6. The van der Waals surface area contributed by atoms with Crippen LogP contribution in [0.4, 0.5) is 5.69 Å². The van der Waals surface area contributed by atoms with Crippen LogP contribution in [0.2, 0.25) is 0 Å². The van der Waals surface area contributed by atoms with E-state index in [1.165, 1.54) is 5.69 Å². The number of rotatable bonds is 7. The van der Waals surface area contributed by atoms with Gasteiger partial charge >= 0.3 is 0 Å². The van der Waals surface area contributed by atoms with Crippen molar-refractivity contribution in [3.63, 3.8) is 0 Å². The van der Waals surface area contributed by atoms with Crippen LogP contribution in [0.1, 0.15) is 5.69 Å². The molecule has 7 heteroatoms. The molecule has 1 aliphatic heterocycles. The number of piperazine rings is 1. The highest BCUT2D eigenvalue weighted by Gasteiger charge is 2.19. The largest absolute Gasteiger partial charge is 0.497 e. The lowest BCUT2D eigenvalue weighted by Gasteiger charge is -2.36. The first kappa shape index (κ1) is 20.1. The number of benzene rings is 2. The number of aromatic amines is 1. The van der Waals surface area contributed by atoms with Crippen molar-refractivity contribution in [3.05, 3.63) is 54.4 Å². The summed E-state index contributed by atoms with van der Waals surface area (Å²) in [5, 5.41) is 0. The van der Waals surface area contributed by atoms with Gasteiger partial charge in [0, 0.05) is 56.4 Å². The van der Waals surface area contributed by atoms with Gasteiger partial charge < -0.3 is 24.1 Å². The zero-order valence-electron chi connectivity index (χ0n) is 17.7. The third-order valence-corrected chi connectivity index (χ3v) is 5.47. The fraction of sp³-hybridized carbons (Fsp3) is 0.348. The number of imidazole rings is 1. The van der Waals surface area contributed by atoms with Crippen molar-refractivity contribution in [1.29, 1.82) is 0 Å². The standard InChI is InChI=1S/C23H28N4O3/c1-28-19-7-4-6-18(14-19)27-12-10-26(11-13-27)16-17-15-24-23(25-17)20-8-5-9-21(29-2)22(20)30-3/h4-9,14-15H,10-13,16H2,1-3H3,(H,24,25). The van der Waals surface area contributed by atoms with Gasteiger partial charge in [-0.25, -0.2) is 4.98 Å². The number of H-pyrrole nitrogens is 1. The maximum Gasteiger partial charge on any atom is 0.171 e. The molecule has 1 N–H and O–H groups in total. The van der Waals surface area contributed by atoms with E-state index in [-0.39, 0.29) is 0 Å². The van der Waals surface area contributed by atoms with Crippen molar-refractivity contribution in [3.8, 4) is 28.6 Å². The van der Waals surface area contributed by atoms with Crippen LogP contribution in [0.15, 0.2) is 48.7 Å². The predicted octanol–water partition coefficient (Wildman–Crippen LogP) is 3.42. The Labute approximate surface area is 177 Å². The molecule has 0 bridgehead atoms. The molecule has 0 unspecified atom stereocenters. The second kappa shape index (κ2) is 9.09. The molecule has 1 aliphatic rings. The molecule has 3 aromatic rings. The summed E-state index contributed by atoms with van der Waals surface area (Å²) < 4.78 is 16.3.